The van der Waals surface area contributed by atoms with Gasteiger partial charge in [0.1, 0.15) is 12.1 Å². The van der Waals surface area contributed by atoms with Crippen LogP contribution in [0.5, 0.6) is 0 Å². The highest BCUT2D eigenvalue weighted by molar-refractivity contribution is 7.98. The van der Waals surface area contributed by atoms with Gasteiger partial charge in [-0.1, -0.05) is 30.3 Å². The third-order valence-corrected chi connectivity index (χ3v) is 4.98. The number of carboxylic acid groups (broad SMARTS) is 1. The first-order valence-corrected chi connectivity index (χ1v) is 11.2. The number of carbonyl (C=O) groups excluding carboxylic acids is 4. The van der Waals surface area contributed by atoms with E-state index in [0.29, 0.717) is 5.75 Å². The van der Waals surface area contributed by atoms with E-state index in [1.165, 1.54) is 11.8 Å². The Morgan fingerprint density at radius 3 is 2.25 bits per heavy atom. The molecule has 0 aliphatic rings. The summed E-state index contributed by atoms with van der Waals surface area (Å²) in [6, 6.07) is 5.49. The van der Waals surface area contributed by atoms with Gasteiger partial charge in [-0.15, -0.1) is 0 Å². The molecule has 0 saturated heterocycles. The fourth-order valence-electron chi connectivity index (χ4n) is 2.68. The number of thioether (sulfide) groups is 1. The van der Waals surface area contributed by atoms with Crippen LogP contribution in [0.15, 0.2) is 30.3 Å². The molecule has 0 aliphatic carbocycles. The van der Waals surface area contributed by atoms with Gasteiger partial charge >= 0.3 is 5.97 Å². The van der Waals surface area contributed by atoms with E-state index in [1.807, 2.05) is 6.26 Å². The molecule has 1 aromatic carbocycles. The summed E-state index contributed by atoms with van der Waals surface area (Å²) in [7, 11) is 0. The van der Waals surface area contributed by atoms with Crippen molar-refractivity contribution < 1.29 is 29.1 Å². The van der Waals surface area contributed by atoms with E-state index in [2.05, 4.69) is 16.0 Å². The predicted molar refractivity (Wildman–Crippen MR) is 119 cm³/mol. The van der Waals surface area contributed by atoms with Gasteiger partial charge in [-0.3, -0.25) is 19.2 Å². The Hall–Kier alpha value is -3.12. The van der Waals surface area contributed by atoms with Crippen molar-refractivity contribution in [3.63, 3.8) is 0 Å². The Labute approximate surface area is 190 Å². The van der Waals surface area contributed by atoms with Crippen LogP contribution < -0.4 is 27.4 Å². The number of hydrogen-bond donors (Lipinski definition) is 6. The minimum Gasteiger partial charge on any atom is -0.480 e. The summed E-state index contributed by atoms with van der Waals surface area (Å²) in [4.78, 5) is 59.3. The predicted octanol–water partition coefficient (Wildman–Crippen LogP) is -1.64. The van der Waals surface area contributed by atoms with Gasteiger partial charge in [-0.2, -0.15) is 11.8 Å². The van der Waals surface area contributed by atoms with E-state index in [0.717, 1.165) is 5.56 Å². The third kappa shape index (κ3) is 10.3. The second-order valence-electron chi connectivity index (χ2n) is 6.99. The SMILES string of the molecule is CSCCC(NC(=O)C(Cc1ccccc1)NC(=O)CNC(=O)C(N)CC(N)=O)C(=O)O. The van der Waals surface area contributed by atoms with Gasteiger partial charge in [0.25, 0.3) is 0 Å². The van der Waals surface area contributed by atoms with Crippen LogP contribution in [0.4, 0.5) is 0 Å². The maximum atomic E-state index is 12.8. The average Bonchev–Trinajstić information content (AvgIpc) is 2.74. The number of hydrogen-bond acceptors (Lipinski definition) is 7. The first kappa shape index (κ1) is 26.9. The lowest BCUT2D eigenvalue weighted by Crippen LogP contribution is -2.54. The van der Waals surface area contributed by atoms with Crippen LogP contribution in [0.25, 0.3) is 0 Å². The number of carboxylic acids is 1. The van der Waals surface area contributed by atoms with Gasteiger partial charge in [-0.05, 0) is 24.0 Å². The zero-order valence-corrected chi connectivity index (χ0v) is 18.5. The van der Waals surface area contributed by atoms with Crippen molar-refractivity contribution in [3.05, 3.63) is 35.9 Å². The average molecular weight is 468 g/mol. The maximum Gasteiger partial charge on any atom is 0.326 e. The van der Waals surface area contributed by atoms with Gasteiger partial charge in [-0.25, -0.2) is 4.79 Å². The molecule has 12 heteroatoms. The first-order valence-electron chi connectivity index (χ1n) is 9.81. The normalized spacial score (nSPS) is 13.3. The summed E-state index contributed by atoms with van der Waals surface area (Å²) in [5.41, 5.74) is 11.2. The highest BCUT2D eigenvalue weighted by Gasteiger charge is 2.27. The molecule has 0 spiro atoms. The Morgan fingerprint density at radius 1 is 1.03 bits per heavy atom. The zero-order valence-electron chi connectivity index (χ0n) is 17.7. The van der Waals surface area contributed by atoms with E-state index in [1.54, 1.807) is 30.3 Å². The van der Waals surface area contributed by atoms with Crippen LogP contribution in [0.3, 0.4) is 0 Å². The lowest BCUT2D eigenvalue weighted by Gasteiger charge is -2.22. The molecule has 3 atom stereocenters. The highest BCUT2D eigenvalue weighted by atomic mass is 32.2. The van der Waals surface area contributed by atoms with Gasteiger partial charge in [0.2, 0.25) is 23.6 Å². The van der Waals surface area contributed by atoms with Crippen LogP contribution in [-0.2, 0) is 30.4 Å². The van der Waals surface area contributed by atoms with Crippen molar-refractivity contribution in [2.45, 2.75) is 37.4 Å². The Morgan fingerprint density at radius 2 is 1.69 bits per heavy atom. The molecule has 1 rings (SSSR count). The molecule has 11 nitrogen and oxygen atoms in total. The molecule has 8 N–H and O–H groups in total. The smallest absolute Gasteiger partial charge is 0.326 e. The summed E-state index contributed by atoms with van der Waals surface area (Å²) in [5.74, 6) is -3.49. The number of rotatable bonds is 14. The monoisotopic (exact) mass is 467 g/mol. The quantitative estimate of drug-likeness (QED) is 0.187. The van der Waals surface area contributed by atoms with Crippen molar-refractivity contribution in [2.24, 2.45) is 11.5 Å². The number of aliphatic carboxylic acids is 1. The van der Waals surface area contributed by atoms with Crippen LogP contribution in [0.1, 0.15) is 18.4 Å². The molecule has 0 heterocycles. The molecule has 0 aromatic heterocycles. The van der Waals surface area contributed by atoms with E-state index >= 15 is 0 Å². The second kappa shape index (κ2) is 14.0. The van der Waals surface area contributed by atoms with E-state index in [9.17, 15) is 29.1 Å². The first-order chi connectivity index (χ1) is 15.1. The molecule has 0 bridgehead atoms. The Kier molecular flexibility index (Phi) is 11.8. The standard InChI is InChI=1S/C20H29N5O6S/c1-32-8-7-14(20(30)31)25-19(29)15(9-12-5-3-2-4-6-12)24-17(27)11-23-18(28)13(21)10-16(22)26/h2-6,13-15H,7-11,21H2,1H3,(H2,22,26)(H,23,28)(H,24,27)(H,25,29)(H,30,31). The molecule has 1 aromatic rings. The third-order valence-electron chi connectivity index (χ3n) is 4.34. The van der Waals surface area contributed by atoms with Crippen molar-refractivity contribution in [1.82, 2.24) is 16.0 Å². The molecular formula is C20H29N5O6S. The fraction of sp³-hybridized carbons (Fsp3) is 0.450. The van der Waals surface area contributed by atoms with Crippen molar-refractivity contribution in [1.29, 1.82) is 0 Å². The van der Waals surface area contributed by atoms with E-state index in [4.69, 9.17) is 11.5 Å². The lowest BCUT2D eigenvalue weighted by atomic mass is 10.0. The van der Waals surface area contributed by atoms with Crippen molar-refractivity contribution in [3.8, 4) is 0 Å². The molecular weight excluding hydrogens is 438 g/mol. The number of primary amides is 1. The van der Waals surface area contributed by atoms with Gasteiger partial charge < -0.3 is 32.5 Å². The van der Waals surface area contributed by atoms with Crippen LogP contribution in [0, 0.1) is 0 Å². The Balaban J connectivity index is 2.81. The number of nitrogens with one attached hydrogen (secondary N) is 3. The molecule has 0 aliphatic heterocycles. The second-order valence-corrected chi connectivity index (χ2v) is 7.97. The maximum absolute atomic E-state index is 12.8. The lowest BCUT2D eigenvalue weighted by molar-refractivity contribution is -0.142. The fourth-order valence-corrected chi connectivity index (χ4v) is 3.15. The summed E-state index contributed by atoms with van der Waals surface area (Å²) in [6.45, 7) is -0.487. The molecule has 0 saturated carbocycles. The van der Waals surface area contributed by atoms with Crippen LogP contribution in [-0.4, -0.2) is 71.4 Å². The zero-order chi connectivity index (χ0) is 24.1. The minimum atomic E-state index is -1.20. The summed E-state index contributed by atoms with van der Waals surface area (Å²) in [5, 5.41) is 16.6. The van der Waals surface area contributed by atoms with Crippen molar-refractivity contribution in [2.75, 3.05) is 18.6 Å². The van der Waals surface area contributed by atoms with E-state index < -0.39 is 54.3 Å². The summed E-state index contributed by atoms with van der Waals surface area (Å²) in [6.07, 6.45) is 1.78. The minimum absolute atomic E-state index is 0.114. The number of amides is 4. The topological polar surface area (TPSA) is 194 Å². The van der Waals surface area contributed by atoms with Crippen LogP contribution >= 0.6 is 11.8 Å². The largest absolute Gasteiger partial charge is 0.480 e. The molecule has 4 amide bonds. The number of carbonyl (C=O) groups is 5. The van der Waals surface area contributed by atoms with E-state index in [-0.39, 0.29) is 19.3 Å². The van der Waals surface area contributed by atoms with Crippen molar-refractivity contribution >= 4 is 41.4 Å². The van der Waals surface area contributed by atoms with Gasteiger partial charge in [0.15, 0.2) is 0 Å². The van der Waals surface area contributed by atoms with Gasteiger partial charge in [0, 0.05) is 6.42 Å². The molecule has 0 fully saturated rings. The molecule has 3 unspecified atom stereocenters. The molecule has 176 valence electrons. The molecule has 32 heavy (non-hydrogen) atoms. The number of nitrogens with two attached hydrogens (primary N) is 2. The summed E-state index contributed by atoms with van der Waals surface area (Å²) < 4.78 is 0. The number of benzene rings is 1. The van der Waals surface area contributed by atoms with Gasteiger partial charge in [0.05, 0.1) is 19.0 Å². The highest BCUT2D eigenvalue weighted by Crippen LogP contribution is 2.06. The van der Waals surface area contributed by atoms with Crippen LogP contribution in [0.2, 0.25) is 0 Å². The summed E-state index contributed by atoms with van der Waals surface area (Å²) >= 11 is 1.45. The Bertz CT molecular complexity index is 807. The molecule has 0 radical (unpaired) electrons.